The van der Waals surface area contributed by atoms with E-state index in [9.17, 15) is 34.8 Å². The van der Waals surface area contributed by atoms with E-state index in [-0.39, 0.29) is 40.8 Å². The molecule has 0 bridgehead atoms. The van der Waals surface area contributed by atoms with Crippen molar-refractivity contribution in [1.29, 1.82) is 0 Å². The zero-order valence-electron chi connectivity index (χ0n) is 21.1. The largest absolute Gasteiger partial charge is 0.507 e. The molecule has 0 unspecified atom stereocenters. The number of rotatable bonds is 4. The summed E-state index contributed by atoms with van der Waals surface area (Å²) in [6.45, 7) is 2.79. The Balaban J connectivity index is 1.68. The van der Waals surface area contributed by atoms with Crippen LogP contribution < -0.4 is 10.5 Å². The van der Waals surface area contributed by atoms with Gasteiger partial charge < -0.3 is 40.4 Å². The van der Waals surface area contributed by atoms with Crippen molar-refractivity contribution >= 4 is 17.3 Å². The third-order valence-electron chi connectivity index (χ3n) is 7.80. The van der Waals surface area contributed by atoms with Crippen molar-refractivity contribution < 1.29 is 49.0 Å². The standard InChI is InChI=1S/C27H29NO10/c1-10-22(30)14(28)7-17(37-10)38-16-9-27(35,11(2)29)8-13-19(16)26(34)21-20(24(13)32)23(31)12-5-4-6-15(36-3)18(12)25(21)33/h4-6,10,14,16-17,22,30,32,34-35H,7-9,28H2,1-3H3/t10-,14-,16+,17-,22+,27-/m0/s1. The van der Waals surface area contributed by atoms with Gasteiger partial charge in [-0.05, 0) is 19.9 Å². The van der Waals surface area contributed by atoms with E-state index in [0.717, 1.165) is 0 Å². The maximum atomic E-state index is 13.6. The quantitative estimate of drug-likeness (QED) is 0.305. The minimum absolute atomic E-state index is 0.0147. The molecule has 11 heteroatoms. The molecule has 1 heterocycles. The smallest absolute Gasteiger partial charge is 0.202 e. The normalized spacial score (nSPS) is 30.3. The van der Waals surface area contributed by atoms with Crippen molar-refractivity contribution in [3.05, 3.63) is 51.6 Å². The second-order valence-electron chi connectivity index (χ2n) is 10.1. The molecule has 2 aromatic rings. The van der Waals surface area contributed by atoms with E-state index in [1.54, 1.807) is 6.92 Å². The van der Waals surface area contributed by atoms with Gasteiger partial charge in [0.25, 0.3) is 0 Å². The number of aromatic hydroxyl groups is 2. The number of phenolic OH excluding ortho intramolecular Hbond substituents is 2. The Labute approximate surface area is 217 Å². The Morgan fingerprint density at radius 3 is 2.45 bits per heavy atom. The van der Waals surface area contributed by atoms with E-state index < -0.39 is 82.6 Å². The number of fused-ring (bicyclic) bond motifs is 3. The molecule has 6 N–H and O–H groups in total. The number of aliphatic hydroxyl groups is 2. The van der Waals surface area contributed by atoms with Gasteiger partial charge in [0.15, 0.2) is 17.9 Å². The molecular formula is C27H29NO10. The van der Waals surface area contributed by atoms with Crippen LogP contribution in [-0.2, 0) is 20.7 Å². The van der Waals surface area contributed by atoms with Crippen LogP contribution in [0.1, 0.15) is 75.8 Å². The first kappa shape index (κ1) is 26.3. The lowest BCUT2D eigenvalue weighted by Crippen LogP contribution is -2.52. The van der Waals surface area contributed by atoms with Crippen LogP contribution in [0.25, 0.3) is 0 Å². The number of carbonyl (C=O) groups is 3. The van der Waals surface area contributed by atoms with Gasteiger partial charge in [0.1, 0.15) is 22.8 Å². The van der Waals surface area contributed by atoms with Crippen LogP contribution >= 0.6 is 0 Å². The number of nitrogens with two attached hydrogens (primary N) is 1. The summed E-state index contributed by atoms with van der Waals surface area (Å²) < 4.78 is 17.1. The molecule has 0 aromatic heterocycles. The molecule has 1 saturated heterocycles. The number of hydrogen-bond acceptors (Lipinski definition) is 11. The summed E-state index contributed by atoms with van der Waals surface area (Å²) in [6, 6.07) is 3.75. The van der Waals surface area contributed by atoms with Gasteiger partial charge in [-0.25, -0.2) is 0 Å². The first-order valence-corrected chi connectivity index (χ1v) is 12.2. The molecule has 2 aliphatic carbocycles. The molecule has 1 aliphatic heterocycles. The van der Waals surface area contributed by atoms with E-state index >= 15 is 0 Å². The average molecular weight is 528 g/mol. The third-order valence-corrected chi connectivity index (χ3v) is 7.80. The fourth-order valence-electron chi connectivity index (χ4n) is 5.66. The van der Waals surface area contributed by atoms with E-state index in [1.165, 1.54) is 32.2 Å². The van der Waals surface area contributed by atoms with Gasteiger partial charge in [-0.15, -0.1) is 0 Å². The van der Waals surface area contributed by atoms with Gasteiger partial charge in [-0.2, -0.15) is 0 Å². The molecule has 38 heavy (non-hydrogen) atoms. The van der Waals surface area contributed by atoms with Crippen LogP contribution in [0.3, 0.4) is 0 Å². The average Bonchev–Trinajstić information content (AvgIpc) is 2.87. The second-order valence-corrected chi connectivity index (χ2v) is 10.1. The molecule has 2 aromatic carbocycles. The predicted octanol–water partition coefficient (Wildman–Crippen LogP) is 1.03. The number of hydrogen-bond donors (Lipinski definition) is 5. The minimum Gasteiger partial charge on any atom is -0.507 e. The highest BCUT2D eigenvalue weighted by molar-refractivity contribution is 6.31. The highest BCUT2D eigenvalue weighted by atomic mass is 16.7. The minimum atomic E-state index is -2.00. The van der Waals surface area contributed by atoms with E-state index in [0.29, 0.717) is 0 Å². The lowest BCUT2D eigenvalue weighted by Gasteiger charge is -2.42. The summed E-state index contributed by atoms with van der Waals surface area (Å²) in [4.78, 5) is 39.6. The third kappa shape index (κ3) is 3.81. The number of ketones is 3. The van der Waals surface area contributed by atoms with Crippen LogP contribution in [0.5, 0.6) is 17.2 Å². The number of ether oxygens (including phenoxy) is 3. The van der Waals surface area contributed by atoms with Crippen molar-refractivity contribution in [1.82, 2.24) is 0 Å². The first-order chi connectivity index (χ1) is 17.9. The summed E-state index contributed by atoms with van der Waals surface area (Å²) in [5, 5.41) is 44.1. The number of aliphatic hydroxyl groups excluding tert-OH is 1. The molecule has 0 spiro atoms. The number of benzene rings is 2. The molecule has 6 atom stereocenters. The highest BCUT2D eigenvalue weighted by Gasteiger charge is 2.49. The van der Waals surface area contributed by atoms with Crippen LogP contribution in [0.2, 0.25) is 0 Å². The first-order valence-electron chi connectivity index (χ1n) is 12.2. The van der Waals surface area contributed by atoms with Crippen LogP contribution in [0, 0.1) is 0 Å². The lowest BCUT2D eigenvalue weighted by molar-refractivity contribution is -0.247. The van der Waals surface area contributed by atoms with E-state index in [1.807, 2.05) is 0 Å². The van der Waals surface area contributed by atoms with Gasteiger partial charge in [0.05, 0.1) is 42.1 Å². The van der Waals surface area contributed by atoms with Crippen molar-refractivity contribution in [2.24, 2.45) is 5.73 Å². The maximum absolute atomic E-state index is 13.6. The molecule has 0 radical (unpaired) electrons. The number of phenols is 2. The molecule has 202 valence electrons. The van der Waals surface area contributed by atoms with E-state index in [4.69, 9.17) is 19.9 Å². The summed E-state index contributed by atoms with van der Waals surface area (Å²) in [6.07, 6.45) is -4.53. The fraction of sp³-hybridized carbons (Fsp3) is 0.444. The van der Waals surface area contributed by atoms with Crippen LogP contribution in [-0.4, -0.2) is 75.0 Å². The Morgan fingerprint density at radius 2 is 1.82 bits per heavy atom. The van der Waals surface area contributed by atoms with Gasteiger partial charge >= 0.3 is 0 Å². The van der Waals surface area contributed by atoms with Crippen LogP contribution in [0.15, 0.2) is 18.2 Å². The number of Topliss-reactive ketones (excluding diaryl/α,β-unsaturated/α-hetero) is 1. The Morgan fingerprint density at radius 1 is 1.13 bits per heavy atom. The summed E-state index contributed by atoms with van der Waals surface area (Å²) in [5.74, 6) is -3.18. The maximum Gasteiger partial charge on any atom is 0.202 e. The molecule has 5 rings (SSSR count). The van der Waals surface area contributed by atoms with Gasteiger partial charge in [-0.3, -0.25) is 14.4 Å². The Hall–Kier alpha value is -3.35. The van der Waals surface area contributed by atoms with Gasteiger partial charge in [-0.1, -0.05) is 12.1 Å². The van der Waals surface area contributed by atoms with Gasteiger partial charge in [0, 0.05) is 42.0 Å². The van der Waals surface area contributed by atoms with Crippen molar-refractivity contribution in [3.63, 3.8) is 0 Å². The monoisotopic (exact) mass is 527 g/mol. The second kappa shape index (κ2) is 9.14. The summed E-state index contributed by atoms with van der Waals surface area (Å²) >= 11 is 0. The zero-order chi connectivity index (χ0) is 27.7. The van der Waals surface area contributed by atoms with Crippen LogP contribution in [0.4, 0.5) is 0 Å². The number of carbonyl (C=O) groups excluding carboxylic acids is 3. The van der Waals surface area contributed by atoms with Crippen molar-refractivity contribution in [3.8, 4) is 17.2 Å². The Bertz CT molecular complexity index is 1360. The van der Waals surface area contributed by atoms with Gasteiger partial charge in [0.2, 0.25) is 5.78 Å². The van der Waals surface area contributed by atoms with E-state index in [2.05, 4.69) is 0 Å². The molecule has 1 fully saturated rings. The SMILES string of the molecule is COc1cccc2c1C(=O)c1c(O)c3c(c(O)c1C2=O)C[C@@](O)(C(C)=O)C[C@H]3O[C@H]1C[C@H](N)[C@H](O)[C@H](C)O1. The lowest BCUT2D eigenvalue weighted by atomic mass is 9.72. The summed E-state index contributed by atoms with van der Waals surface area (Å²) in [7, 11) is 1.34. The molecule has 3 aliphatic rings. The number of methoxy groups -OCH3 is 1. The van der Waals surface area contributed by atoms with Crippen molar-refractivity contribution in [2.75, 3.05) is 7.11 Å². The molecule has 11 nitrogen and oxygen atoms in total. The topological polar surface area (TPSA) is 186 Å². The molecular weight excluding hydrogens is 498 g/mol. The fourth-order valence-corrected chi connectivity index (χ4v) is 5.66. The highest BCUT2D eigenvalue weighted by Crippen LogP contribution is 2.52. The molecule has 0 saturated carbocycles. The van der Waals surface area contributed by atoms with Crippen molar-refractivity contribution in [2.45, 2.75) is 69.4 Å². The Kier molecular flexibility index (Phi) is 6.32. The predicted molar refractivity (Wildman–Crippen MR) is 130 cm³/mol. The molecule has 0 amide bonds. The zero-order valence-corrected chi connectivity index (χ0v) is 21.1. The summed E-state index contributed by atoms with van der Waals surface area (Å²) in [5.41, 5.74) is 2.97.